The molecule has 0 aliphatic carbocycles. The van der Waals surface area contributed by atoms with Crippen molar-refractivity contribution < 1.29 is 12.8 Å². The van der Waals surface area contributed by atoms with Crippen molar-refractivity contribution in [3.63, 3.8) is 0 Å². The second-order valence-electron chi connectivity index (χ2n) is 6.11. The van der Waals surface area contributed by atoms with Crippen molar-refractivity contribution in [2.24, 2.45) is 15.9 Å². The maximum Gasteiger partial charge on any atom is 0.285 e. The van der Waals surface area contributed by atoms with Crippen LogP contribution in [-0.2, 0) is 10.0 Å². The van der Waals surface area contributed by atoms with Gasteiger partial charge in [-0.15, -0.1) is 11.8 Å². The average Bonchev–Trinajstić information content (AvgIpc) is 2.72. The quantitative estimate of drug-likeness (QED) is 0.265. The van der Waals surface area contributed by atoms with Gasteiger partial charge in [0.15, 0.2) is 0 Å². The number of hydrogen-bond acceptors (Lipinski definition) is 6. The summed E-state index contributed by atoms with van der Waals surface area (Å²) >= 11 is 1.25. The molecule has 0 amide bonds. The number of amidine groups is 1. The Morgan fingerprint density at radius 2 is 1.73 bits per heavy atom. The largest absolute Gasteiger partial charge is 0.383 e. The van der Waals surface area contributed by atoms with E-state index in [0.717, 1.165) is 0 Å². The van der Waals surface area contributed by atoms with Gasteiger partial charge in [-0.3, -0.25) is 14.4 Å². The molecule has 2 aromatic carbocycles. The molecule has 0 radical (unpaired) electrons. The van der Waals surface area contributed by atoms with E-state index in [1.165, 1.54) is 67.3 Å². The first-order chi connectivity index (χ1) is 14.2. The molecule has 0 spiro atoms. The number of sulfonamides is 1. The predicted molar refractivity (Wildman–Crippen MR) is 115 cm³/mol. The van der Waals surface area contributed by atoms with Crippen LogP contribution < -0.4 is 16.4 Å². The Morgan fingerprint density at radius 3 is 2.23 bits per heavy atom. The highest BCUT2D eigenvalue weighted by atomic mass is 32.2. The monoisotopic (exact) mass is 447 g/mol. The molecule has 0 unspecified atom stereocenters. The third-order valence-electron chi connectivity index (χ3n) is 4.27. The molecule has 3 rings (SSSR count). The van der Waals surface area contributed by atoms with E-state index in [0.29, 0.717) is 16.3 Å². The second-order valence-corrected chi connectivity index (χ2v) is 8.47. The number of nitrogens with two attached hydrogens (primary N) is 2. The van der Waals surface area contributed by atoms with E-state index in [-0.39, 0.29) is 22.1 Å². The molecule has 0 fully saturated rings. The molecule has 0 aliphatic heterocycles. The second kappa shape index (κ2) is 8.38. The van der Waals surface area contributed by atoms with Crippen LogP contribution in [0.4, 0.5) is 4.39 Å². The molecule has 0 aliphatic rings. The third kappa shape index (κ3) is 4.13. The first kappa shape index (κ1) is 21.7. The summed E-state index contributed by atoms with van der Waals surface area (Å²) in [7, 11) is -2.42. The van der Waals surface area contributed by atoms with Crippen LogP contribution in [-0.4, -0.2) is 37.1 Å². The minimum Gasteiger partial charge on any atom is -0.383 e. The lowest BCUT2D eigenvalue weighted by atomic mass is 10.1. The Bertz CT molecular complexity index is 1290. The molecule has 11 heteroatoms. The summed E-state index contributed by atoms with van der Waals surface area (Å²) in [6.07, 6.45) is 1.76. The van der Waals surface area contributed by atoms with Crippen molar-refractivity contribution >= 4 is 27.6 Å². The zero-order valence-electron chi connectivity index (χ0n) is 16.0. The molecule has 30 heavy (non-hydrogen) atoms. The fourth-order valence-corrected chi connectivity index (χ4v) is 4.13. The summed E-state index contributed by atoms with van der Waals surface area (Å²) < 4.78 is 38.2. The zero-order chi connectivity index (χ0) is 22.1. The number of aliphatic imine (C=N–C) groups is 1. The highest BCUT2D eigenvalue weighted by Crippen LogP contribution is 2.29. The Morgan fingerprint density at radius 1 is 1.13 bits per heavy atom. The minimum absolute atomic E-state index is 0.0174. The maximum absolute atomic E-state index is 13.5. The lowest BCUT2D eigenvalue weighted by molar-refractivity contribution is 0.598. The van der Waals surface area contributed by atoms with Crippen LogP contribution in [0.1, 0.15) is 5.56 Å². The van der Waals surface area contributed by atoms with E-state index in [4.69, 9.17) is 10.9 Å². The number of hydrogen-bond donors (Lipinski definition) is 2. The van der Waals surface area contributed by atoms with Gasteiger partial charge >= 0.3 is 0 Å². The van der Waals surface area contributed by atoms with Crippen molar-refractivity contribution in [2.45, 2.75) is 9.92 Å². The van der Waals surface area contributed by atoms with Gasteiger partial charge in [-0.05, 0) is 54.8 Å². The van der Waals surface area contributed by atoms with Gasteiger partial charge in [0.25, 0.3) is 5.56 Å². The maximum atomic E-state index is 13.5. The zero-order valence-corrected chi connectivity index (χ0v) is 17.7. The van der Waals surface area contributed by atoms with Crippen LogP contribution in [0.2, 0.25) is 0 Å². The number of rotatable bonds is 5. The number of nitrogens with zero attached hydrogens (tertiary/aromatic N) is 3. The van der Waals surface area contributed by atoms with Crippen LogP contribution in [0.25, 0.3) is 17.1 Å². The number of halogens is 1. The van der Waals surface area contributed by atoms with Gasteiger partial charge in [0.1, 0.15) is 23.0 Å². The average molecular weight is 448 g/mol. The highest BCUT2D eigenvalue weighted by molar-refractivity contribution is 7.98. The first-order valence-electron chi connectivity index (χ1n) is 8.50. The van der Waals surface area contributed by atoms with Crippen LogP contribution in [0.3, 0.4) is 0 Å². The summed E-state index contributed by atoms with van der Waals surface area (Å²) in [4.78, 5) is 20.8. The van der Waals surface area contributed by atoms with E-state index in [1.807, 2.05) is 0 Å². The van der Waals surface area contributed by atoms with Gasteiger partial charge in [0, 0.05) is 18.3 Å². The van der Waals surface area contributed by atoms with E-state index in [2.05, 4.69) is 9.98 Å². The number of aromatic nitrogens is 2. The number of benzene rings is 2. The topological polar surface area (TPSA) is 133 Å². The molecule has 1 aromatic heterocycles. The number of primary sulfonamides is 1. The Balaban J connectivity index is 2.38. The standard InChI is InChI=1S/C19H18FN5O3S2/c1-23-16(21)15-18(26)24-17(11-3-9-14(10-4-11)30(22,27)28)25(19(15)29-2)13-7-5-12(20)6-8-13/h3-10H,1-2H3,(H2,21,23)(H2,22,27,28). The molecule has 1 heterocycles. The van der Waals surface area contributed by atoms with E-state index in [9.17, 15) is 17.6 Å². The molecule has 0 atom stereocenters. The fraction of sp³-hybridized carbons (Fsp3) is 0.105. The summed E-state index contributed by atoms with van der Waals surface area (Å²) in [6, 6.07) is 11.2. The van der Waals surface area contributed by atoms with E-state index in [1.54, 1.807) is 10.8 Å². The molecule has 156 valence electrons. The van der Waals surface area contributed by atoms with Crippen LogP contribution >= 0.6 is 11.8 Å². The minimum atomic E-state index is -3.88. The van der Waals surface area contributed by atoms with Crippen LogP contribution in [0.5, 0.6) is 0 Å². The van der Waals surface area contributed by atoms with E-state index < -0.39 is 21.4 Å². The summed E-state index contributed by atoms with van der Waals surface area (Å²) in [5, 5.41) is 5.61. The van der Waals surface area contributed by atoms with Crippen molar-refractivity contribution in [1.82, 2.24) is 9.55 Å². The van der Waals surface area contributed by atoms with Gasteiger partial charge in [-0.2, -0.15) is 4.98 Å². The first-order valence-corrected chi connectivity index (χ1v) is 11.3. The van der Waals surface area contributed by atoms with Gasteiger partial charge in [0.2, 0.25) is 10.0 Å². The molecule has 4 N–H and O–H groups in total. The van der Waals surface area contributed by atoms with Crippen LogP contribution in [0.15, 0.2) is 68.2 Å². The normalized spacial score (nSPS) is 12.2. The third-order valence-corrected chi connectivity index (χ3v) is 5.97. The van der Waals surface area contributed by atoms with Crippen molar-refractivity contribution in [2.75, 3.05) is 13.3 Å². The Hall–Kier alpha value is -3.02. The summed E-state index contributed by atoms with van der Waals surface area (Å²) in [5.41, 5.74) is 6.46. The molecule has 0 bridgehead atoms. The SMILES string of the molecule is CN=C(N)c1c(SC)n(-c2ccc(F)cc2)c(-c2ccc(S(N)(=O)=O)cc2)nc1=O. The summed E-state index contributed by atoms with van der Waals surface area (Å²) in [6.45, 7) is 0. The van der Waals surface area contributed by atoms with Gasteiger partial charge in [-0.1, -0.05) is 0 Å². The molecule has 0 saturated carbocycles. The Labute approximate surface area is 176 Å². The molecular weight excluding hydrogens is 429 g/mol. The predicted octanol–water partition coefficient (Wildman–Crippen LogP) is 1.74. The van der Waals surface area contributed by atoms with Gasteiger partial charge in [-0.25, -0.2) is 17.9 Å². The number of thioether (sulfide) groups is 1. The van der Waals surface area contributed by atoms with Crippen molar-refractivity contribution in [1.29, 1.82) is 0 Å². The van der Waals surface area contributed by atoms with Gasteiger partial charge < -0.3 is 5.73 Å². The fourth-order valence-electron chi connectivity index (χ4n) is 2.84. The Kier molecular flexibility index (Phi) is 6.06. The molecule has 8 nitrogen and oxygen atoms in total. The lowest BCUT2D eigenvalue weighted by Gasteiger charge is -2.19. The lowest BCUT2D eigenvalue weighted by Crippen LogP contribution is -2.29. The molecule has 0 saturated heterocycles. The smallest absolute Gasteiger partial charge is 0.285 e. The van der Waals surface area contributed by atoms with Crippen molar-refractivity contribution in [3.8, 4) is 17.1 Å². The van der Waals surface area contributed by atoms with Crippen molar-refractivity contribution in [3.05, 3.63) is 70.3 Å². The van der Waals surface area contributed by atoms with Crippen LogP contribution in [0, 0.1) is 5.82 Å². The molecular formula is C19H18FN5O3S2. The highest BCUT2D eigenvalue weighted by Gasteiger charge is 2.21. The van der Waals surface area contributed by atoms with Gasteiger partial charge in [0.05, 0.1) is 9.92 Å². The van der Waals surface area contributed by atoms with E-state index >= 15 is 0 Å². The molecule has 3 aromatic rings. The summed E-state index contributed by atoms with van der Waals surface area (Å²) in [5.74, 6) is -0.180.